The van der Waals surface area contributed by atoms with Crippen LogP contribution in [-0.2, 0) is 0 Å². The fourth-order valence-corrected chi connectivity index (χ4v) is 7.17. The quantitative estimate of drug-likeness (QED) is 0.832. The predicted molar refractivity (Wildman–Crippen MR) is 91.3 cm³/mol. The van der Waals surface area contributed by atoms with E-state index in [0.717, 1.165) is 40.8 Å². The summed E-state index contributed by atoms with van der Waals surface area (Å²) >= 11 is 4.42. The van der Waals surface area contributed by atoms with Crippen molar-refractivity contribution in [3.05, 3.63) is 0 Å². The van der Waals surface area contributed by atoms with Crippen LogP contribution in [0.3, 0.4) is 0 Å². The first-order chi connectivity index (χ1) is 9.11. The molecule has 5 unspecified atom stereocenters. The molecule has 1 N–H and O–H groups in total. The third kappa shape index (κ3) is 4.31. The van der Waals surface area contributed by atoms with Crippen molar-refractivity contribution >= 4 is 23.5 Å². The van der Waals surface area contributed by atoms with Crippen LogP contribution >= 0.6 is 23.5 Å². The Bertz CT molecular complexity index is 261. The second-order valence-electron chi connectivity index (χ2n) is 6.67. The molecule has 2 rings (SSSR count). The summed E-state index contributed by atoms with van der Waals surface area (Å²) in [5.74, 6) is 5.44. The average molecular weight is 302 g/mol. The topological polar surface area (TPSA) is 12.0 Å². The maximum absolute atomic E-state index is 3.86. The molecule has 2 aliphatic rings. The number of rotatable bonds is 4. The first-order valence-corrected chi connectivity index (χ1v) is 10.2. The number of hydrogen-bond donors (Lipinski definition) is 1. The smallest absolute Gasteiger partial charge is 0.0320 e. The summed E-state index contributed by atoms with van der Waals surface area (Å²) in [7, 11) is 0. The van der Waals surface area contributed by atoms with E-state index in [4.69, 9.17) is 0 Å². The van der Waals surface area contributed by atoms with E-state index in [1.165, 1.54) is 30.8 Å². The molecule has 0 aromatic rings. The van der Waals surface area contributed by atoms with Crippen LogP contribution in [0.15, 0.2) is 0 Å². The predicted octanol–water partition coefficient (Wildman–Crippen LogP) is 4.27. The lowest BCUT2D eigenvalue weighted by Gasteiger charge is -2.43. The molecule has 1 saturated carbocycles. The van der Waals surface area contributed by atoms with Gasteiger partial charge in [0.25, 0.3) is 0 Å². The van der Waals surface area contributed by atoms with Crippen LogP contribution in [0.25, 0.3) is 0 Å². The van der Waals surface area contributed by atoms with Crippen molar-refractivity contribution < 1.29 is 0 Å². The minimum atomic E-state index is 0.739. The Morgan fingerprint density at radius 1 is 1.00 bits per heavy atom. The lowest BCUT2D eigenvalue weighted by molar-refractivity contribution is 0.174. The van der Waals surface area contributed by atoms with Crippen LogP contribution in [0.1, 0.15) is 47.0 Å². The van der Waals surface area contributed by atoms with Gasteiger partial charge in [-0.1, -0.05) is 27.7 Å². The molecule has 3 heteroatoms. The molecule has 1 nitrogen and oxygen atoms in total. The molecule has 0 aromatic carbocycles. The monoisotopic (exact) mass is 301 g/mol. The molecule has 1 heterocycles. The number of nitrogens with one attached hydrogen (secondary N) is 1. The van der Waals surface area contributed by atoms with Crippen molar-refractivity contribution in [3.63, 3.8) is 0 Å². The van der Waals surface area contributed by atoms with Crippen molar-refractivity contribution in [3.8, 4) is 0 Å². The van der Waals surface area contributed by atoms with Gasteiger partial charge in [-0.3, -0.25) is 0 Å². The molecule has 1 saturated heterocycles. The third-order valence-corrected chi connectivity index (χ3v) is 7.97. The number of thioether (sulfide) groups is 2. The highest BCUT2D eigenvalue weighted by Crippen LogP contribution is 2.41. The van der Waals surface area contributed by atoms with Gasteiger partial charge in [-0.25, -0.2) is 0 Å². The molecule has 19 heavy (non-hydrogen) atoms. The maximum atomic E-state index is 3.86. The van der Waals surface area contributed by atoms with E-state index in [-0.39, 0.29) is 0 Å². The van der Waals surface area contributed by atoms with Crippen LogP contribution < -0.4 is 5.32 Å². The molecule has 0 bridgehead atoms. The van der Waals surface area contributed by atoms with Gasteiger partial charge in [0.2, 0.25) is 0 Å². The standard InChI is InChI=1S/C16H31NS2/c1-5-17-15(16-13(4)18-6-7-19-16)14-9-11(2)8-12(3)10-14/h11-17H,5-10H2,1-4H3. The van der Waals surface area contributed by atoms with Gasteiger partial charge in [0, 0.05) is 28.0 Å². The van der Waals surface area contributed by atoms with Gasteiger partial charge in [0.1, 0.15) is 0 Å². The van der Waals surface area contributed by atoms with Crippen LogP contribution in [0.5, 0.6) is 0 Å². The Morgan fingerprint density at radius 2 is 1.63 bits per heavy atom. The van der Waals surface area contributed by atoms with Gasteiger partial charge in [0.15, 0.2) is 0 Å². The van der Waals surface area contributed by atoms with Gasteiger partial charge >= 0.3 is 0 Å². The Labute approximate surface area is 128 Å². The van der Waals surface area contributed by atoms with E-state index < -0.39 is 0 Å². The fraction of sp³-hybridized carbons (Fsp3) is 1.00. The summed E-state index contributed by atoms with van der Waals surface area (Å²) in [5.41, 5.74) is 0. The molecule has 1 aliphatic carbocycles. The summed E-state index contributed by atoms with van der Waals surface area (Å²) < 4.78 is 0. The molecule has 112 valence electrons. The van der Waals surface area contributed by atoms with Gasteiger partial charge in [-0.2, -0.15) is 23.5 Å². The summed E-state index contributed by atoms with van der Waals surface area (Å²) in [6.07, 6.45) is 4.32. The highest BCUT2D eigenvalue weighted by Gasteiger charge is 2.37. The van der Waals surface area contributed by atoms with E-state index in [2.05, 4.69) is 56.5 Å². The van der Waals surface area contributed by atoms with Crippen LogP contribution in [0.4, 0.5) is 0 Å². The van der Waals surface area contributed by atoms with Crippen molar-refractivity contribution in [1.82, 2.24) is 5.32 Å². The maximum Gasteiger partial charge on any atom is 0.0320 e. The first kappa shape index (κ1) is 16.0. The van der Waals surface area contributed by atoms with Gasteiger partial charge < -0.3 is 5.32 Å². The largest absolute Gasteiger partial charge is 0.313 e. The molecular formula is C16H31NS2. The molecule has 0 aromatic heterocycles. The summed E-state index contributed by atoms with van der Waals surface area (Å²) in [4.78, 5) is 0. The normalized spacial score (nSPS) is 42.0. The summed E-state index contributed by atoms with van der Waals surface area (Å²) in [5, 5.41) is 5.50. The summed E-state index contributed by atoms with van der Waals surface area (Å²) in [6.45, 7) is 10.8. The van der Waals surface area contributed by atoms with Crippen molar-refractivity contribution in [2.24, 2.45) is 17.8 Å². The van der Waals surface area contributed by atoms with E-state index in [9.17, 15) is 0 Å². The third-order valence-electron chi connectivity index (χ3n) is 4.75. The molecule has 5 atom stereocenters. The van der Waals surface area contributed by atoms with Crippen LogP contribution in [-0.4, -0.2) is 34.6 Å². The zero-order valence-electron chi connectivity index (χ0n) is 13.0. The molecule has 0 spiro atoms. The molecule has 2 fully saturated rings. The van der Waals surface area contributed by atoms with Gasteiger partial charge in [-0.15, -0.1) is 0 Å². The second-order valence-corrected chi connectivity index (χ2v) is 9.44. The van der Waals surface area contributed by atoms with Crippen LogP contribution in [0.2, 0.25) is 0 Å². The Hall–Kier alpha value is 0.660. The highest BCUT2D eigenvalue weighted by molar-refractivity contribution is 8.07. The van der Waals surface area contributed by atoms with E-state index in [1.54, 1.807) is 0 Å². The average Bonchev–Trinajstić information content (AvgIpc) is 2.36. The molecule has 0 amide bonds. The Balaban J connectivity index is 2.05. The van der Waals surface area contributed by atoms with Gasteiger partial charge in [-0.05, 0) is 43.6 Å². The van der Waals surface area contributed by atoms with E-state index in [0.29, 0.717) is 0 Å². The van der Waals surface area contributed by atoms with Crippen molar-refractivity contribution in [2.45, 2.75) is 63.5 Å². The summed E-state index contributed by atoms with van der Waals surface area (Å²) in [6, 6.07) is 0.739. The zero-order valence-corrected chi connectivity index (χ0v) is 14.7. The second kappa shape index (κ2) is 7.61. The lowest BCUT2D eigenvalue weighted by atomic mass is 9.73. The SMILES string of the molecule is CCNC(C1CC(C)CC(C)C1)C1SCCSC1C. The lowest BCUT2D eigenvalue weighted by Crippen LogP contribution is -2.50. The zero-order chi connectivity index (χ0) is 13.8. The van der Waals surface area contributed by atoms with Crippen LogP contribution in [0, 0.1) is 17.8 Å². The Morgan fingerprint density at radius 3 is 2.21 bits per heavy atom. The Kier molecular flexibility index (Phi) is 6.42. The van der Waals surface area contributed by atoms with Crippen molar-refractivity contribution in [2.75, 3.05) is 18.1 Å². The van der Waals surface area contributed by atoms with E-state index >= 15 is 0 Å². The fourth-order valence-electron chi connectivity index (χ4n) is 4.13. The van der Waals surface area contributed by atoms with E-state index in [1.807, 2.05) is 0 Å². The van der Waals surface area contributed by atoms with Gasteiger partial charge in [0.05, 0.1) is 0 Å². The highest BCUT2D eigenvalue weighted by atomic mass is 32.2. The molecule has 1 aliphatic heterocycles. The minimum Gasteiger partial charge on any atom is -0.313 e. The van der Waals surface area contributed by atoms with Crippen molar-refractivity contribution in [1.29, 1.82) is 0 Å². The molecule has 0 radical (unpaired) electrons. The molecular weight excluding hydrogens is 270 g/mol. The first-order valence-electron chi connectivity index (χ1n) is 8.08. The minimum absolute atomic E-state index is 0.739. The number of hydrogen-bond acceptors (Lipinski definition) is 3.